The van der Waals surface area contributed by atoms with E-state index in [1.807, 2.05) is 29.7 Å². The highest BCUT2D eigenvalue weighted by atomic mass is 79.9. The van der Waals surface area contributed by atoms with E-state index in [1.54, 1.807) is 0 Å². The molecule has 0 N–H and O–H groups in total. The lowest BCUT2D eigenvalue weighted by molar-refractivity contribution is 0.544. The molecule has 17 heavy (non-hydrogen) atoms. The summed E-state index contributed by atoms with van der Waals surface area (Å²) in [7, 11) is 0. The van der Waals surface area contributed by atoms with E-state index in [2.05, 4.69) is 40.0 Å². The Labute approximate surface area is 107 Å². The van der Waals surface area contributed by atoms with Crippen LogP contribution in [-0.4, -0.2) is 9.38 Å². The van der Waals surface area contributed by atoms with Crippen LogP contribution in [0.3, 0.4) is 0 Å². The highest BCUT2D eigenvalue weighted by Gasteiger charge is 2.13. The third kappa shape index (κ3) is 1.69. The number of furan rings is 1. The second-order valence-electron chi connectivity index (χ2n) is 4.10. The van der Waals surface area contributed by atoms with Crippen LogP contribution in [0.15, 0.2) is 39.5 Å². The Balaban J connectivity index is 2.31. The maximum absolute atomic E-state index is 5.62. The minimum absolute atomic E-state index is 0.784. The third-order valence-electron chi connectivity index (χ3n) is 2.71. The van der Waals surface area contributed by atoms with Crippen molar-refractivity contribution in [1.82, 2.24) is 9.38 Å². The van der Waals surface area contributed by atoms with Gasteiger partial charge in [0.1, 0.15) is 10.4 Å². The molecular formula is C13H11BrN2O. The SMILES string of the molecule is Cc1ccn2c(-c3ccc(C)o3)nc(Br)c2c1. The van der Waals surface area contributed by atoms with E-state index in [0.29, 0.717) is 0 Å². The molecule has 0 radical (unpaired) electrons. The Hall–Kier alpha value is -1.55. The van der Waals surface area contributed by atoms with E-state index in [0.717, 1.165) is 27.5 Å². The van der Waals surface area contributed by atoms with E-state index in [-0.39, 0.29) is 0 Å². The Morgan fingerprint density at radius 1 is 1.24 bits per heavy atom. The zero-order chi connectivity index (χ0) is 12.0. The molecule has 3 nitrogen and oxygen atoms in total. The number of halogens is 1. The zero-order valence-electron chi connectivity index (χ0n) is 9.57. The number of nitrogens with zero attached hydrogens (tertiary/aromatic N) is 2. The van der Waals surface area contributed by atoms with Gasteiger partial charge in [0.2, 0.25) is 0 Å². The maximum atomic E-state index is 5.62. The van der Waals surface area contributed by atoms with Crippen molar-refractivity contribution in [3.63, 3.8) is 0 Å². The van der Waals surface area contributed by atoms with Crippen LogP contribution in [0.4, 0.5) is 0 Å². The molecule has 0 spiro atoms. The summed E-state index contributed by atoms with van der Waals surface area (Å²) in [5.41, 5.74) is 2.26. The van der Waals surface area contributed by atoms with Crippen LogP contribution in [-0.2, 0) is 0 Å². The van der Waals surface area contributed by atoms with Crippen LogP contribution in [0.25, 0.3) is 17.1 Å². The molecule has 0 fully saturated rings. The molecule has 0 aliphatic carbocycles. The highest BCUT2D eigenvalue weighted by Crippen LogP contribution is 2.27. The van der Waals surface area contributed by atoms with Crippen molar-refractivity contribution >= 4 is 21.4 Å². The van der Waals surface area contributed by atoms with Gasteiger partial charge < -0.3 is 4.42 Å². The van der Waals surface area contributed by atoms with Crippen molar-refractivity contribution < 1.29 is 4.42 Å². The zero-order valence-corrected chi connectivity index (χ0v) is 11.2. The molecule has 0 bridgehead atoms. The number of aromatic nitrogens is 2. The molecule has 86 valence electrons. The van der Waals surface area contributed by atoms with Crippen molar-refractivity contribution in [2.24, 2.45) is 0 Å². The number of pyridine rings is 1. The van der Waals surface area contributed by atoms with Crippen molar-refractivity contribution in [3.05, 3.63) is 46.4 Å². The van der Waals surface area contributed by atoms with Crippen molar-refractivity contribution in [2.75, 3.05) is 0 Å². The van der Waals surface area contributed by atoms with Crippen LogP contribution in [0.1, 0.15) is 11.3 Å². The lowest BCUT2D eigenvalue weighted by Gasteiger charge is -1.99. The predicted octanol–water partition coefficient (Wildman–Crippen LogP) is 3.97. The molecule has 0 aromatic carbocycles. The molecule has 4 heteroatoms. The van der Waals surface area contributed by atoms with Gasteiger partial charge >= 0.3 is 0 Å². The molecule has 0 saturated carbocycles. The van der Waals surface area contributed by atoms with Crippen LogP contribution in [0, 0.1) is 13.8 Å². The molecule has 3 heterocycles. The number of imidazole rings is 1. The molecule has 0 unspecified atom stereocenters. The first-order valence-corrected chi connectivity index (χ1v) is 6.15. The Kier molecular flexibility index (Phi) is 2.33. The average molecular weight is 291 g/mol. The second kappa shape index (κ2) is 3.74. The Morgan fingerprint density at radius 3 is 2.76 bits per heavy atom. The van der Waals surface area contributed by atoms with Gasteiger partial charge in [-0.25, -0.2) is 4.98 Å². The first kappa shape index (κ1) is 10.6. The minimum Gasteiger partial charge on any atom is -0.458 e. The monoisotopic (exact) mass is 290 g/mol. The van der Waals surface area contributed by atoms with Gasteiger partial charge in [-0.2, -0.15) is 0 Å². The summed E-state index contributed by atoms with van der Waals surface area (Å²) < 4.78 is 8.48. The Morgan fingerprint density at radius 2 is 2.06 bits per heavy atom. The normalized spacial score (nSPS) is 11.2. The number of aryl methyl sites for hydroxylation is 2. The van der Waals surface area contributed by atoms with Gasteiger partial charge in [-0.3, -0.25) is 4.40 Å². The van der Waals surface area contributed by atoms with Gasteiger partial charge in [-0.1, -0.05) is 0 Å². The standard InChI is InChI=1S/C13H11BrN2O/c1-8-5-6-16-10(7-8)12(14)15-13(16)11-4-3-9(2)17-11/h3-7H,1-2H3. The quantitative estimate of drug-likeness (QED) is 0.679. The summed E-state index contributed by atoms with van der Waals surface area (Å²) in [5.74, 6) is 2.49. The molecule has 0 aliphatic rings. The summed E-state index contributed by atoms with van der Waals surface area (Å²) >= 11 is 3.48. The van der Waals surface area contributed by atoms with Crippen LogP contribution in [0.5, 0.6) is 0 Å². The fraction of sp³-hybridized carbons (Fsp3) is 0.154. The second-order valence-corrected chi connectivity index (χ2v) is 4.85. The number of hydrogen-bond donors (Lipinski definition) is 0. The highest BCUT2D eigenvalue weighted by molar-refractivity contribution is 9.10. The van der Waals surface area contributed by atoms with E-state index < -0.39 is 0 Å². The fourth-order valence-electron chi connectivity index (χ4n) is 1.88. The molecule has 0 amide bonds. The van der Waals surface area contributed by atoms with Crippen molar-refractivity contribution in [2.45, 2.75) is 13.8 Å². The van der Waals surface area contributed by atoms with Gasteiger partial charge in [-0.15, -0.1) is 0 Å². The Bertz CT molecular complexity index is 697. The average Bonchev–Trinajstić information content (AvgIpc) is 2.84. The first-order valence-electron chi connectivity index (χ1n) is 5.36. The van der Waals surface area contributed by atoms with E-state index in [4.69, 9.17) is 4.42 Å². The van der Waals surface area contributed by atoms with Crippen LogP contribution >= 0.6 is 15.9 Å². The number of fused-ring (bicyclic) bond motifs is 1. The van der Waals surface area contributed by atoms with Gasteiger partial charge in [0, 0.05) is 6.20 Å². The summed E-state index contributed by atoms with van der Waals surface area (Å²) in [5, 5.41) is 0. The number of rotatable bonds is 1. The minimum atomic E-state index is 0.784. The van der Waals surface area contributed by atoms with E-state index >= 15 is 0 Å². The summed E-state index contributed by atoms with van der Waals surface area (Å²) in [6.07, 6.45) is 2.01. The maximum Gasteiger partial charge on any atom is 0.181 e. The van der Waals surface area contributed by atoms with Gasteiger partial charge in [-0.05, 0) is 59.6 Å². The largest absolute Gasteiger partial charge is 0.458 e. The molecule has 3 aromatic heterocycles. The lowest BCUT2D eigenvalue weighted by atomic mass is 10.3. The molecule has 0 aliphatic heterocycles. The molecular weight excluding hydrogens is 280 g/mol. The van der Waals surface area contributed by atoms with Gasteiger partial charge in [0.05, 0.1) is 5.52 Å². The van der Waals surface area contributed by atoms with Crippen molar-refractivity contribution in [1.29, 1.82) is 0 Å². The van der Waals surface area contributed by atoms with Gasteiger partial charge in [0.25, 0.3) is 0 Å². The smallest absolute Gasteiger partial charge is 0.181 e. The number of hydrogen-bond acceptors (Lipinski definition) is 2. The summed E-state index contributed by atoms with van der Waals surface area (Å²) in [6, 6.07) is 8.03. The first-order chi connectivity index (χ1) is 8.15. The van der Waals surface area contributed by atoms with Gasteiger partial charge in [0.15, 0.2) is 11.6 Å². The molecule has 3 aromatic rings. The van der Waals surface area contributed by atoms with Crippen LogP contribution < -0.4 is 0 Å². The predicted molar refractivity (Wildman–Crippen MR) is 70.1 cm³/mol. The van der Waals surface area contributed by atoms with Crippen molar-refractivity contribution in [3.8, 4) is 11.6 Å². The molecule has 0 atom stereocenters. The summed E-state index contributed by atoms with van der Waals surface area (Å²) in [6.45, 7) is 3.99. The molecule has 0 saturated heterocycles. The van der Waals surface area contributed by atoms with E-state index in [1.165, 1.54) is 5.56 Å². The third-order valence-corrected chi connectivity index (χ3v) is 3.30. The topological polar surface area (TPSA) is 30.4 Å². The van der Waals surface area contributed by atoms with Crippen LogP contribution in [0.2, 0.25) is 0 Å². The fourth-order valence-corrected chi connectivity index (χ4v) is 2.36. The van der Waals surface area contributed by atoms with E-state index in [9.17, 15) is 0 Å². The lowest BCUT2D eigenvalue weighted by Crippen LogP contribution is -1.87. The molecule has 3 rings (SSSR count). The summed E-state index contributed by atoms with van der Waals surface area (Å²) in [4.78, 5) is 4.50.